The minimum atomic E-state index is -4.45. The van der Waals surface area contributed by atoms with Crippen LogP contribution in [-0.4, -0.2) is 13.0 Å². The normalized spacial score (nSPS) is 10.2. The third kappa shape index (κ3) is 5.34. The van der Waals surface area contributed by atoms with Crippen LogP contribution < -0.4 is 33.7 Å². The van der Waals surface area contributed by atoms with Gasteiger partial charge in [-0.15, -0.1) is 6.58 Å². The summed E-state index contributed by atoms with van der Waals surface area (Å²) < 4.78 is 33.8. The molecule has 1 aromatic rings. The molecular weight excluding hydrogens is 227 g/mol. The SMILES string of the molecule is C=CCc1ccccc1OS(=O)(=O)O.[H-].[Na+]. The van der Waals surface area contributed by atoms with Gasteiger partial charge in [0.1, 0.15) is 5.75 Å². The molecule has 78 valence electrons. The second-order valence-corrected chi connectivity index (χ2v) is 3.63. The summed E-state index contributed by atoms with van der Waals surface area (Å²) in [5, 5.41) is 0. The van der Waals surface area contributed by atoms with Gasteiger partial charge in [-0.25, -0.2) is 0 Å². The van der Waals surface area contributed by atoms with Crippen molar-refractivity contribution >= 4 is 10.4 Å². The Hall–Kier alpha value is -0.330. The van der Waals surface area contributed by atoms with Gasteiger partial charge in [-0.3, -0.25) is 4.55 Å². The molecule has 0 aliphatic rings. The molecule has 0 fully saturated rings. The van der Waals surface area contributed by atoms with E-state index < -0.39 is 10.4 Å². The van der Waals surface area contributed by atoms with Gasteiger partial charge in [-0.05, 0) is 18.1 Å². The molecule has 0 heterocycles. The van der Waals surface area contributed by atoms with Gasteiger partial charge in [0.15, 0.2) is 0 Å². The van der Waals surface area contributed by atoms with E-state index in [1.54, 1.807) is 24.3 Å². The standard InChI is InChI=1S/C9H10O4S.Na.H/c1-2-5-8-6-3-4-7-9(8)13-14(10,11)12;;/h2-4,6-7H,1,5H2,(H,10,11,12);;/q;+1;-1. The zero-order valence-corrected chi connectivity index (χ0v) is 11.2. The predicted molar refractivity (Wildman–Crippen MR) is 53.6 cm³/mol. The van der Waals surface area contributed by atoms with E-state index in [0.29, 0.717) is 12.0 Å². The van der Waals surface area contributed by atoms with Gasteiger partial charge in [0.05, 0.1) is 0 Å². The van der Waals surface area contributed by atoms with Gasteiger partial charge in [0, 0.05) is 0 Å². The number of allylic oxidation sites excluding steroid dienone is 1. The van der Waals surface area contributed by atoms with E-state index in [4.69, 9.17) is 4.55 Å². The predicted octanol–water partition coefficient (Wildman–Crippen LogP) is -1.29. The van der Waals surface area contributed by atoms with Crippen LogP contribution in [0.3, 0.4) is 0 Å². The van der Waals surface area contributed by atoms with Crippen molar-refractivity contribution in [3.8, 4) is 5.75 Å². The van der Waals surface area contributed by atoms with E-state index in [9.17, 15) is 8.42 Å². The molecule has 15 heavy (non-hydrogen) atoms. The molecule has 0 amide bonds. The van der Waals surface area contributed by atoms with Crippen LogP contribution in [0.15, 0.2) is 36.9 Å². The molecule has 6 heteroatoms. The smallest absolute Gasteiger partial charge is 1.00 e. The number of benzene rings is 1. The van der Waals surface area contributed by atoms with Gasteiger partial charge in [0.2, 0.25) is 0 Å². The van der Waals surface area contributed by atoms with Crippen molar-refractivity contribution in [1.29, 1.82) is 0 Å². The van der Waals surface area contributed by atoms with Crippen molar-refractivity contribution in [3.63, 3.8) is 0 Å². The summed E-state index contributed by atoms with van der Waals surface area (Å²) in [6.45, 7) is 3.53. The number of rotatable bonds is 4. The molecule has 0 saturated heterocycles. The first-order valence-corrected chi connectivity index (χ1v) is 5.25. The van der Waals surface area contributed by atoms with Crippen LogP contribution in [0, 0.1) is 0 Å². The number of hydrogen-bond acceptors (Lipinski definition) is 3. The summed E-state index contributed by atoms with van der Waals surface area (Å²) in [4.78, 5) is 0. The van der Waals surface area contributed by atoms with Crippen LogP contribution in [0.1, 0.15) is 6.99 Å². The monoisotopic (exact) mass is 238 g/mol. The van der Waals surface area contributed by atoms with Gasteiger partial charge < -0.3 is 5.61 Å². The molecule has 0 aromatic heterocycles. The topological polar surface area (TPSA) is 63.6 Å². The minimum absolute atomic E-state index is 0. The fraction of sp³-hybridized carbons (Fsp3) is 0.111. The first-order valence-electron chi connectivity index (χ1n) is 3.88. The largest absolute Gasteiger partial charge is 1.00 e. The molecule has 4 nitrogen and oxygen atoms in total. The number of hydrogen-bond donors (Lipinski definition) is 1. The molecule has 1 aromatic carbocycles. The van der Waals surface area contributed by atoms with E-state index in [1.165, 1.54) is 6.07 Å². The third-order valence-corrected chi connectivity index (χ3v) is 1.92. The average Bonchev–Trinajstić information content (AvgIpc) is 2.06. The Morgan fingerprint density at radius 2 is 2.07 bits per heavy atom. The molecule has 0 radical (unpaired) electrons. The molecule has 0 aliphatic carbocycles. The van der Waals surface area contributed by atoms with Crippen molar-refractivity contribution in [3.05, 3.63) is 42.5 Å². The van der Waals surface area contributed by atoms with Crippen LogP contribution >= 0.6 is 0 Å². The van der Waals surface area contributed by atoms with Crippen molar-refractivity contribution in [1.82, 2.24) is 0 Å². The van der Waals surface area contributed by atoms with Crippen molar-refractivity contribution in [2.45, 2.75) is 6.42 Å². The van der Waals surface area contributed by atoms with Gasteiger partial charge in [-0.2, -0.15) is 8.42 Å². The van der Waals surface area contributed by atoms with Gasteiger partial charge in [0.25, 0.3) is 0 Å². The Bertz CT molecular complexity index is 433. The van der Waals surface area contributed by atoms with Crippen LogP contribution in [-0.2, 0) is 16.8 Å². The Kier molecular flexibility index (Phi) is 6.16. The summed E-state index contributed by atoms with van der Waals surface area (Å²) in [5.41, 5.74) is 0.653. The molecular formula is C9H11NaO4S. The first kappa shape index (κ1) is 14.7. The Morgan fingerprint density at radius 3 is 2.60 bits per heavy atom. The Labute approximate surface area is 113 Å². The molecule has 1 N–H and O–H groups in total. The fourth-order valence-electron chi connectivity index (χ4n) is 1.02. The van der Waals surface area contributed by atoms with Gasteiger partial charge in [-0.1, -0.05) is 24.3 Å². The zero-order chi connectivity index (χ0) is 10.6. The summed E-state index contributed by atoms with van der Waals surface area (Å²) in [6, 6.07) is 6.53. The second-order valence-electron chi connectivity index (χ2n) is 2.61. The fourth-order valence-corrected chi connectivity index (χ4v) is 1.41. The maximum Gasteiger partial charge on any atom is 1.00 e. The number of para-hydroxylation sites is 1. The molecule has 0 unspecified atom stereocenters. The van der Waals surface area contributed by atoms with Crippen LogP contribution in [0.4, 0.5) is 0 Å². The van der Waals surface area contributed by atoms with Crippen LogP contribution in [0.2, 0.25) is 0 Å². The molecule has 0 aliphatic heterocycles. The summed E-state index contributed by atoms with van der Waals surface area (Å²) >= 11 is 0. The van der Waals surface area contributed by atoms with E-state index in [2.05, 4.69) is 10.8 Å². The summed E-state index contributed by atoms with van der Waals surface area (Å²) in [5.74, 6) is 0.120. The Morgan fingerprint density at radius 1 is 1.47 bits per heavy atom. The first-order chi connectivity index (χ1) is 6.53. The van der Waals surface area contributed by atoms with Crippen LogP contribution in [0.25, 0.3) is 0 Å². The molecule has 0 saturated carbocycles. The van der Waals surface area contributed by atoms with Crippen molar-refractivity contribution < 1.29 is 48.1 Å². The Balaban J connectivity index is 0. The molecule has 0 bridgehead atoms. The summed E-state index contributed by atoms with van der Waals surface area (Å²) in [7, 11) is -4.45. The van der Waals surface area contributed by atoms with Gasteiger partial charge >= 0.3 is 40.0 Å². The maximum atomic E-state index is 10.5. The molecule has 1 rings (SSSR count). The van der Waals surface area contributed by atoms with E-state index >= 15 is 0 Å². The van der Waals surface area contributed by atoms with Crippen LogP contribution in [0.5, 0.6) is 5.75 Å². The average molecular weight is 238 g/mol. The van der Waals surface area contributed by atoms with E-state index in [1.807, 2.05) is 0 Å². The zero-order valence-electron chi connectivity index (χ0n) is 9.38. The summed E-state index contributed by atoms with van der Waals surface area (Å²) in [6.07, 6.45) is 2.10. The molecule has 0 spiro atoms. The van der Waals surface area contributed by atoms with Crippen molar-refractivity contribution in [2.24, 2.45) is 0 Å². The third-order valence-electron chi connectivity index (χ3n) is 1.53. The maximum absolute atomic E-state index is 10.5. The van der Waals surface area contributed by atoms with E-state index in [-0.39, 0.29) is 36.7 Å². The van der Waals surface area contributed by atoms with E-state index in [0.717, 1.165) is 0 Å². The quantitative estimate of drug-likeness (QED) is 0.403. The molecule has 0 atom stereocenters. The van der Waals surface area contributed by atoms with Crippen molar-refractivity contribution in [2.75, 3.05) is 0 Å². The minimum Gasteiger partial charge on any atom is -1.00 e. The second kappa shape index (κ2) is 6.30.